The number of fused-ring (bicyclic) bond motifs is 2. The fourth-order valence-corrected chi connectivity index (χ4v) is 3.68. The first kappa shape index (κ1) is 21.4. The zero-order valence-electron chi connectivity index (χ0n) is 18.8. The van der Waals surface area contributed by atoms with Gasteiger partial charge in [0.25, 0.3) is 0 Å². The Morgan fingerprint density at radius 1 is 0.938 bits per heavy atom. The van der Waals surface area contributed by atoms with Gasteiger partial charge in [0.15, 0.2) is 0 Å². The summed E-state index contributed by atoms with van der Waals surface area (Å²) in [5.41, 5.74) is 7.35. The normalized spacial score (nSPS) is 10.9. The molecule has 0 aliphatic carbocycles. The number of methoxy groups -OCH3 is 1. The van der Waals surface area contributed by atoms with Crippen LogP contribution in [0.3, 0.4) is 0 Å². The number of ether oxygens (including phenoxy) is 2. The predicted octanol–water partition coefficient (Wildman–Crippen LogP) is 5.66. The number of carbonyl (C=O) groups excluding carboxylic acids is 1. The van der Waals surface area contributed by atoms with Crippen molar-refractivity contribution in [2.75, 3.05) is 26.1 Å². The van der Waals surface area contributed by atoms with E-state index in [2.05, 4.69) is 36.6 Å². The van der Waals surface area contributed by atoms with E-state index in [4.69, 9.17) is 14.5 Å². The fraction of sp³-hybridized carbons (Fsp3) is 0.231. The summed E-state index contributed by atoms with van der Waals surface area (Å²) >= 11 is 0. The number of hydrogen-bond acceptors (Lipinski definition) is 5. The minimum absolute atomic E-state index is 0.340. The molecule has 4 rings (SSSR count). The molecule has 0 saturated heterocycles. The lowest BCUT2D eigenvalue weighted by Crippen LogP contribution is -2.20. The molecule has 0 saturated carbocycles. The molecule has 0 aliphatic rings. The van der Waals surface area contributed by atoms with Gasteiger partial charge in [-0.1, -0.05) is 12.1 Å². The number of amides is 1. The van der Waals surface area contributed by atoms with Gasteiger partial charge in [-0.15, -0.1) is 0 Å². The van der Waals surface area contributed by atoms with E-state index < -0.39 is 6.09 Å². The van der Waals surface area contributed by atoms with Crippen molar-refractivity contribution in [3.05, 3.63) is 71.3 Å². The molecule has 0 bridgehead atoms. The molecule has 164 valence electrons. The van der Waals surface area contributed by atoms with Gasteiger partial charge in [-0.3, -0.25) is 0 Å². The number of hydrogen-bond donors (Lipinski definition) is 2. The lowest BCUT2D eigenvalue weighted by atomic mass is 10.0. The summed E-state index contributed by atoms with van der Waals surface area (Å²) in [7, 11) is 3.21. The molecule has 6 nitrogen and oxygen atoms in total. The van der Waals surface area contributed by atoms with Crippen molar-refractivity contribution >= 4 is 39.3 Å². The summed E-state index contributed by atoms with van der Waals surface area (Å²) in [6.45, 7) is 4.56. The van der Waals surface area contributed by atoms with Gasteiger partial charge in [-0.05, 0) is 66.9 Å². The minimum atomic E-state index is -0.415. The number of nitrogens with one attached hydrogen (secondary N) is 2. The van der Waals surface area contributed by atoms with Gasteiger partial charge in [0.2, 0.25) is 0 Å². The quantitative estimate of drug-likeness (QED) is 0.387. The topological polar surface area (TPSA) is 72.5 Å². The van der Waals surface area contributed by atoms with Crippen LogP contribution in [0.5, 0.6) is 5.75 Å². The van der Waals surface area contributed by atoms with Crippen LogP contribution in [0.4, 0.5) is 16.2 Å². The Morgan fingerprint density at radius 3 is 2.38 bits per heavy atom. The molecule has 32 heavy (non-hydrogen) atoms. The average molecular weight is 430 g/mol. The van der Waals surface area contributed by atoms with Gasteiger partial charge in [-0.2, -0.15) is 0 Å². The first-order chi connectivity index (χ1) is 15.5. The maximum absolute atomic E-state index is 11.2. The van der Waals surface area contributed by atoms with Crippen LogP contribution in [0, 0.1) is 13.8 Å². The molecule has 3 aromatic carbocycles. The van der Waals surface area contributed by atoms with E-state index in [0.717, 1.165) is 44.5 Å². The van der Waals surface area contributed by atoms with E-state index in [0.29, 0.717) is 13.0 Å². The van der Waals surface area contributed by atoms with Gasteiger partial charge in [0.1, 0.15) is 5.75 Å². The summed E-state index contributed by atoms with van der Waals surface area (Å²) in [5, 5.41) is 8.17. The highest BCUT2D eigenvalue weighted by Crippen LogP contribution is 2.35. The van der Waals surface area contributed by atoms with Gasteiger partial charge < -0.3 is 20.1 Å². The molecule has 0 unspecified atom stereocenters. The van der Waals surface area contributed by atoms with Crippen molar-refractivity contribution in [2.24, 2.45) is 0 Å². The van der Waals surface area contributed by atoms with Crippen LogP contribution in [-0.2, 0) is 11.2 Å². The van der Waals surface area contributed by atoms with Crippen LogP contribution in [0.25, 0.3) is 21.8 Å². The molecular formula is C26H27N3O3. The molecule has 0 fully saturated rings. The summed E-state index contributed by atoms with van der Waals surface area (Å²) in [5.74, 6) is 0.780. The molecule has 1 amide bonds. The number of nitrogens with zero attached hydrogens (tertiary/aromatic N) is 1. The number of pyridine rings is 1. The van der Waals surface area contributed by atoms with Gasteiger partial charge in [0, 0.05) is 36.0 Å². The van der Waals surface area contributed by atoms with Crippen LogP contribution in [-0.4, -0.2) is 31.8 Å². The molecular weight excluding hydrogens is 402 g/mol. The van der Waals surface area contributed by atoms with Crippen LogP contribution >= 0.6 is 0 Å². The Morgan fingerprint density at radius 2 is 1.66 bits per heavy atom. The third kappa shape index (κ3) is 4.44. The molecule has 2 N–H and O–H groups in total. The Bertz CT molecular complexity index is 1280. The molecule has 1 aromatic heterocycles. The number of aromatic nitrogens is 1. The van der Waals surface area contributed by atoms with E-state index in [1.807, 2.05) is 42.5 Å². The maximum Gasteiger partial charge on any atom is 0.406 e. The molecule has 0 radical (unpaired) electrons. The summed E-state index contributed by atoms with van der Waals surface area (Å²) in [6, 6.07) is 18.4. The van der Waals surface area contributed by atoms with Gasteiger partial charge in [-0.25, -0.2) is 9.78 Å². The van der Waals surface area contributed by atoms with Crippen LogP contribution in [0.1, 0.15) is 16.7 Å². The van der Waals surface area contributed by atoms with Crippen molar-refractivity contribution in [1.82, 2.24) is 10.3 Å². The van der Waals surface area contributed by atoms with Crippen molar-refractivity contribution < 1.29 is 14.3 Å². The van der Waals surface area contributed by atoms with Crippen molar-refractivity contribution in [3.63, 3.8) is 0 Å². The largest absolute Gasteiger partial charge is 0.497 e. The predicted molar refractivity (Wildman–Crippen MR) is 129 cm³/mol. The SMILES string of the molecule is CNC(=O)OCCc1ccc(Nc2c3ccc(OC)cc3nc3cc(C)c(C)cc23)cc1. The summed E-state index contributed by atoms with van der Waals surface area (Å²) in [6.07, 6.45) is 0.245. The number of rotatable bonds is 6. The Hall–Kier alpha value is -3.80. The smallest absolute Gasteiger partial charge is 0.406 e. The van der Waals surface area contributed by atoms with Crippen LogP contribution in [0.2, 0.25) is 0 Å². The lowest BCUT2D eigenvalue weighted by Gasteiger charge is -2.16. The van der Waals surface area contributed by atoms with E-state index in [1.54, 1.807) is 14.2 Å². The standard InChI is InChI=1S/C26H27N3O3/c1-16-13-22-23(14-17(16)2)29-24-15-20(31-4)9-10-21(24)25(22)28-19-7-5-18(6-8-19)11-12-32-26(30)27-3/h5-10,13-15H,11-12H2,1-4H3,(H,27,30)(H,28,29). The molecule has 6 heteroatoms. The van der Waals surface area contributed by atoms with E-state index >= 15 is 0 Å². The Kier molecular flexibility index (Phi) is 6.12. The second-order valence-corrected chi connectivity index (χ2v) is 7.78. The number of benzene rings is 3. The zero-order chi connectivity index (χ0) is 22.7. The number of anilines is 2. The lowest BCUT2D eigenvalue weighted by molar-refractivity contribution is 0.150. The van der Waals surface area contributed by atoms with Gasteiger partial charge in [0.05, 0.1) is 30.4 Å². The number of alkyl carbamates (subject to hydrolysis) is 1. The average Bonchev–Trinajstić information content (AvgIpc) is 2.80. The molecule has 4 aromatic rings. The van der Waals surface area contributed by atoms with Gasteiger partial charge >= 0.3 is 6.09 Å². The Balaban J connectivity index is 1.69. The highest BCUT2D eigenvalue weighted by atomic mass is 16.5. The summed E-state index contributed by atoms with van der Waals surface area (Å²) < 4.78 is 10.5. The van der Waals surface area contributed by atoms with Crippen LogP contribution < -0.4 is 15.4 Å². The second kappa shape index (κ2) is 9.14. The minimum Gasteiger partial charge on any atom is -0.497 e. The number of carbonyl (C=O) groups is 1. The molecule has 0 spiro atoms. The molecule has 0 aliphatic heterocycles. The molecule has 0 atom stereocenters. The fourth-order valence-electron chi connectivity index (χ4n) is 3.68. The highest BCUT2D eigenvalue weighted by Gasteiger charge is 2.12. The third-order valence-electron chi connectivity index (χ3n) is 5.65. The first-order valence-corrected chi connectivity index (χ1v) is 10.6. The van der Waals surface area contributed by atoms with Crippen molar-refractivity contribution in [1.29, 1.82) is 0 Å². The third-order valence-corrected chi connectivity index (χ3v) is 5.65. The monoisotopic (exact) mass is 429 g/mol. The zero-order valence-corrected chi connectivity index (χ0v) is 18.8. The van der Waals surface area contributed by atoms with E-state index in [-0.39, 0.29) is 0 Å². The van der Waals surface area contributed by atoms with Crippen molar-refractivity contribution in [2.45, 2.75) is 20.3 Å². The van der Waals surface area contributed by atoms with Crippen molar-refractivity contribution in [3.8, 4) is 5.75 Å². The second-order valence-electron chi connectivity index (χ2n) is 7.78. The van der Waals surface area contributed by atoms with E-state index in [1.165, 1.54) is 11.1 Å². The summed E-state index contributed by atoms with van der Waals surface area (Å²) in [4.78, 5) is 16.1. The van der Waals surface area contributed by atoms with E-state index in [9.17, 15) is 4.79 Å². The Labute approximate surface area is 187 Å². The maximum atomic E-state index is 11.2. The van der Waals surface area contributed by atoms with Crippen LogP contribution in [0.15, 0.2) is 54.6 Å². The highest BCUT2D eigenvalue weighted by molar-refractivity contribution is 6.09. The number of aryl methyl sites for hydroxylation is 2. The molecule has 1 heterocycles. The first-order valence-electron chi connectivity index (χ1n) is 10.6.